The molecule has 4 aromatic rings. The predicted molar refractivity (Wildman–Crippen MR) is 157 cm³/mol. The molecule has 6 heteroatoms. The number of likely N-dealkylation sites (N-methyl/N-ethyl adjacent to an activating group) is 1. The first-order chi connectivity index (χ1) is 19.5. The van der Waals surface area contributed by atoms with Gasteiger partial charge in [-0.1, -0.05) is 91.9 Å². The predicted octanol–water partition coefficient (Wildman–Crippen LogP) is 6.35. The standard InChI is InChI=1S/C34H36N2O4/c1-24-31(22-36(2)21-25-9-5-3-6-10-25)39-34(40-32(24)27-15-13-26(23-37)14-16-27)29-17-19-30(20-18-29)35-33(38)28-11-7-4-8-12-28/h3-20,24,31-32,34,37H,21-23H2,1-2H3,(H,35,38)/t24-,31+,32+,34+/m0/s1. The summed E-state index contributed by atoms with van der Waals surface area (Å²) in [5.74, 6) is -0.0564. The van der Waals surface area contributed by atoms with Crippen molar-refractivity contribution in [3.63, 3.8) is 0 Å². The highest BCUT2D eigenvalue weighted by atomic mass is 16.7. The van der Waals surface area contributed by atoms with Gasteiger partial charge in [-0.3, -0.25) is 9.69 Å². The zero-order valence-corrected chi connectivity index (χ0v) is 22.9. The SMILES string of the molecule is C[C@H]1[C@@H](CN(C)Cc2ccccc2)O[C@@H](c2ccc(NC(=O)c3ccccc3)cc2)O[C@H]1c1ccc(CO)cc1. The molecule has 0 radical (unpaired) electrons. The average Bonchev–Trinajstić information content (AvgIpc) is 2.99. The van der Waals surface area contributed by atoms with Gasteiger partial charge in [-0.15, -0.1) is 0 Å². The van der Waals surface area contributed by atoms with Crippen LogP contribution in [0.3, 0.4) is 0 Å². The summed E-state index contributed by atoms with van der Waals surface area (Å²) >= 11 is 0. The van der Waals surface area contributed by atoms with E-state index in [0.717, 1.165) is 29.8 Å². The Bertz CT molecular complexity index is 1360. The van der Waals surface area contributed by atoms with Crippen LogP contribution < -0.4 is 5.32 Å². The van der Waals surface area contributed by atoms with E-state index < -0.39 is 6.29 Å². The number of carbonyl (C=O) groups excluding carboxylic acids is 1. The van der Waals surface area contributed by atoms with Gasteiger partial charge in [-0.25, -0.2) is 0 Å². The van der Waals surface area contributed by atoms with Crippen LogP contribution in [0.15, 0.2) is 109 Å². The molecule has 1 aliphatic heterocycles. The molecule has 0 bridgehead atoms. The third kappa shape index (κ3) is 6.84. The number of carbonyl (C=O) groups is 1. The molecule has 1 saturated heterocycles. The molecular weight excluding hydrogens is 500 g/mol. The molecular formula is C34H36N2O4. The Kier molecular flexibility index (Phi) is 9.04. The van der Waals surface area contributed by atoms with Crippen molar-refractivity contribution in [3.8, 4) is 0 Å². The van der Waals surface area contributed by atoms with Crippen molar-refractivity contribution in [1.29, 1.82) is 0 Å². The molecule has 0 aliphatic carbocycles. The van der Waals surface area contributed by atoms with E-state index in [1.54, 1.807) is 12.1 Å². The fraction of sp³-hybridized carbons (Fsp3) is 0.265. The number of nitrogens with zero attached hydrogens (tertiary/aromatic N) is 1. The van der Waals surface area contributed by atoms with E-state index in [1.807, 2.05) is 72.8 Å². The summed E-state index contributed by atoms with van der Waals surface area (Å²) in [6.07, 6.45) is -0.820. The summed E-state index contributed by atoms with van der Waals surface area (Å²) in [4.78, 5) is 14.9. The zero-order valence-electron chi connectivity index (χ0n) is 22.9. The van der Waals surface area contributed by atoms with Crippen LogP contribution in [0.4, 0.5) is 5.69 Å². The molecule has 4 atom stereocenters. The summed E-state index contributed by atoms with van der Waals surface area (Å²) in [5, 5.41) is 12.5. The Morgan fingerprint density at radius 2 is 1.43 bits per heavy atom. The minimum absolute atomic E-state index is 0.00710. The molecule has 0 aromatic heterocycles. The Hall–Kier alpha value is -3.81. The minimum Gasteiger partial charge on any atom is -0.392 e. The van der Waals surface area contributed by atoms with E-state index in [2.05, 4.69) is 48.5 Å². The van der Waals surface area contributed by atoms with Crippen LogP contribution in [0.25, 0.3) is 0 Å². The van der Waals surface area contributed by atoms with Gasteiger partial charge in [0.2, 0.25) is 0 Å². The molecule has 0 unspecified atom stereocenters. The fourth-order valence-corrected chi connectivity index (χ4v) is 5.11. The first-order valence-corrected chi connectivity index (χ1v) is 13.7. The molecule has 6 nitrogen and oxygen atoms in total. The van der Waals surface area contributed by atoms with E-state index in [-0.39, 0.29) is 30.6 Å². The van der Waals surface area contributed by atoms with Gasteiger partial charge in [-0.05, 0) is 48.0 Å². The van der Waals surface area contributed by atoms with Gasteiger partial charge >= 0.3 is 0 Å². The molecule has 1 amide bonds. The first-order valence-electron chi connectivity index (χ1n) is 13.7. The van der Waals surface area contributed by atoms with Gasteiger partial charge in [0.25, 0.3) is 5.91 Å². The summed E-state index contributed by atoms with van der Waals surface area (Å²) in [6, 6.07) is 35.2. The topological polar surface area (TPSA) is 71.0 Å². The lowest BCUT2D eigenvalue weighted by molar-refractivity contribution is -0.276. The zero-order chi connectivity index (χ0) is 27.9. The van der Waals surface area contributed by atoms with E-state index in [1.165, 1.54) is 5.56 Å². The van der Waals surface area contributed by atoms with Crippen molar-refractivity contribution in [3.05, 3.63) is 137 Å². The van der Waals surface area contributed by atoms with Gasteiger partial charge < -0.3 is 19.9 Å². The molecule has 0 spiro atoms. The van der Waals surface area contributed by atoms with Crippen LogP contribution in [-0.2, 0) is 22.6 Å². The second kappa shape index (κ2) is 13.0. The highest BCUT2D eigenvalue weighted by molar-refractivity contribution is 6.04. The van der Waals surface area contributed by atoms with Crippen molar-refractivity contribution < 1.29 is 19.4 Å². The average molecular weight is 537 g/mol. The molecule has 1 heterocycles. The normalized spacial score (nSPS) is 20.8. The van der Waals surface area contributed by atoms with Gasteiger partial charge in [0, 0.05) is 35.8 Å². The van der Waals surface area contributed by atoms with Crippen LogP contribution in [0.2, 0.25) is 0 Å². The molecule has 0 saturated carbocycles. The van der Waals surface area contributed by atoms with E-state index in [9.17, 15) is 9.90 Å². The largest absolute Gasteiger partial charge is 0.392 e. The van der Waals surface area contributed by atoms with E-state index >= 15 is 0 Å². The second-order valence-electron chi connectivity index (χ2n) is 10.4. The number of ether oxygens (including phenoxy) is 2. The van der Waals surface area contributed by atoms with Crippen molar-refractivity contribution in [1.82, 2.24) is 4.90 Å². The summed E-state index contributed by atoms with van der Waals surface area (Å²) in [7, 11) is 2.11. The highest BCUT2D eigenvalue weighted by Crippen LogP contribution is 2.42. The maximum Gasteiger partial charge on any atom is 0.255 e. The summed E-state index contributed by atoms with van der Waals surface area (Å²) < 4.78 is 13.2. The smallest absolute Gasteiger partial charge is 0.255 e. The van der Waals surface area contributed by atoms with Gasteiger partial charge in [-0.2, -0.15) is 0 Å². The molecule has 2 N–H and O–H groups in total. The first kappa shape index (κ1) is 27.7. The molecule has 4 aromatic carbocycles. The quantitative estimate of drug-likeness (QED) is 0.261. The number of rotatable bonds is 9. The van der Waals surface area contributed by atoms with Crippen LogP contribution >= 0.6 is 0 Å². The van der Waals surface area contributed by atoms with E-state index in [0.29, 0.717) is 11.3 Å². The van der Waals surface area contributed by atoms with Gasteiger partial charge in [0.1, 0.15) is 0 Å². The third-order valence-corrected chi connectivity index (χ3v) is 7.39. The number of benzene rings is 4. The molecule has 40 heavy (non-hydrogen) atoms. The van der Waals surface area contributed by atoms with Crippen LogP contribution in [0, 0.1) is 5.92 Å². The second-order valence-corrected chi connectivity index (χ2v) is 10.4. The number of aliphatic hydroxyl groups excluding tert-OH is 1. The Balaban J connectivity index is 1.34. The fourth-order valence-electron chi connectivity index (χ4n) is 5.11. The van der Waals surface area contributed by atoms with Gasteiger partial charge in [0.15, 0.2) is 6.29 Å². The summed E-state index contributed by atoms with van der Waals surface area (Å²) in [5.41, 5.74) is 5.38. The number of aliphatic hydroxyl groups is 1. The van der Waals surface area contributed by atoms with Crippen molar-refractivity contribution in [2.24, 2.45) is 5.92 Å². The van der Waals surface area contributed by atoms with Crippen molar-refractivity contribution >= 4 is 11.6 Å². The number of nitrogens with one attached hydrogen (secondary N) is 1. The Labute approximate surface area is 236 Å². The molecule has 5 rings (SSSR count). The summed E-state index contributed by atoms with van der Waals surface area (Å²) in [6.45, 7) is 3.74. The maximum absolute atomic E-state index is 12.6. The van der Waals surface area contributed by atoms with Crippen molar-refractivity contribution in [2.75, 3.05) is 18.9 Å². The number of amides is 1. The molecule has 1 aliphatic rings. The van der Waals surface area contributed by atoms with Crippen LogP contribution in [0.1, 0.15) is 51.9 Å². The maximum atomic E-state index is 12.6. The van der Waals surface area contributed by atoms with Gasteiger partial charge in [0.05, 0.1) is 18.8 Å². The van der Waals surface area contributed by atoms with Crippen molar-refractivity contribution in [2.45, 2.75) is 38.6 Å². The molecule has 206 valence electrons. The highest BCUT2D eigenvalue weighted by Gasteiger charge is 2.38. The van der Waals surface area contributed by atoms with Crippen LogP contribution in [-0.4, -0.2) is 35.6 Å². The minimum atomic E-state index is -0.562. The monoisotopic (exact) mass is 536 g/mol. The third-order valence-electron chi connectivity index (χ3n) is 7.39. The van der Waals surface area contributed by atoms with Crippen LogP contribution in [0.5, 0.6) is 0 Å². The lowest BCUT2D eigenvalue weighted by atomic mass is 9.90. The number of hydrogen-bond donors (Lipinski definition) is 2. The molecule has 1 fully saturated rings. The number of hydrogen-bond acceptors (Lipinski definition) is 5. The Morgan fingerprint density at radius 3 is 2.08 bits per heavy atom. The lowest BCUT2D eigenvalue weighted by Crippen LogP contribution is -2.43. The number of anilines is 1. The van der Waals surface area contributed by atoms with E-state index in [4.69, 9.17) is 9.47 Å². The Morgan fingerprint density at radius 1 is 0.800 bits per heavy atom. The lowest BCUT2D eigenvalue weighted by Gasteiger charge is -2.42.